The van der Waals surface area contributed by atoms with Crippen molar-refractivity contribution in [3.05, 3.63) is 13.0 Å². The van der Waals surface area contributed by atoms with Crippen LogP contribution in [0.25, 0.3) is 0 Å². The van der Waals surface area contributed by atoms with Crippen LogP contribution in [0.3, 0.4) is 0 Å². The minimum Gasteiger partial charge on any atom is -0.552 e. The molecule has 0 saturated carbocycles. The van der Waals surface area contributed by atoms with Crippen molar-refractivity contribution in [2.45, 2.75) is 25.2 Å². The molecular formula is C7H14O4U. The van der Waals surface area contributed by atoms with Gasteiger partial charge in [0.2, 0.25) is 0 Å². The Balaban J connectivity index is 0. The Kier molecular flexibility index (Phi) is 10.9. The maximum atomic E-state index is 9.07. The summed E-state index contributed by atoms with van der Waals surface area (Å²) in [4.78, 5) is 0. The molecule has 5 heteroatoms. The topological polar surface area (TPSA) is 69.9 Å². The van der Waals surface area contributed by atoms with Gasteiger partial charge in [-0.1, -0.05) is 0 Å². The second-order valence-electron chi connectivity index (χ2n) is 2.18. The first-order valence-electron chi connectivity index (χ1n) is 3.33. The van der Waals surface area contributed by atoms with Gasteiger partial charge in [0.15, 0.2) is 0 Å². The van der Waals surface area contributed by atoms with Crippen molar-refractivity contribution in [2.24, 2.45) is 0 Å². The molecule has 0 aromatic heterocycles. The molecule has 0 heterocycles. The summed E-state index contributed by atoms with van der Waals surface area (Å²) in [5, 5.41) is 27.1. The molecule has 0 amide bonds. The largest absolute Gasteiger partial charge is 2.00 e. The zero-order chi connectivity index (χ0) is 8.85. The first-order chi connectivity index (χ1) is 5.13. The van der Waals surface area contributed by atoms with Crippen LogP contribution in [0.2, 0.25) is 0 Å². The second kappa shape index (κ2) is 8.49. The molecule has 0 spiro atoms. The van der Waals surface area contributed by atoms with Crippen LogP contribution in [0.5, 0.6) is 0 Å². The van der Waals surface area contributed by atoms with Gasteiger partial charge in [0.05, 0.1) is 6.10 Å². The van der Waals surface area contributed by atoms with E-state index in [4.69, 9.17) is 15.3 Å². The van der Waals surface area contributed by atoms with E-state index in [1.54, 1.807) is 6.92 Å². The molecule has 0 bridgehead atoms. The molecule has 0 rings (SSSR count). The maximum absolute atomic E-state index is 9.07. The number of aliphatic hydroxyl groups is 3. The van der Waals surface area contributed by atoms with E-state index in [-0.39, 0.29) is 31.1 Å². The van der Waals surface area contributed by atoms with Gasteiger partial charge in [-0.25, -0.2) is 0 Å². The number of hydrogen-bond acceptors (Lipinski definition) is 4. The molecule has 0 fully saturated rings. The monoisotopic (exact) mass is 400 g/mol. The standard InChI is InChI=1S/C7H14O4.U/c1-3-5(8)7(10)6(9)4-11-2;/h3-10H,1-2H3;/q-2;+2. The first-order valence-corrected chi connectivity index (χ1v) is 3.33. The molecule has 0 radical (unpaired) electrons. The van der Waals surface area contributed by atoms with Gasteiger partial charge in [0.25, 0.3) is 0 Å². The van der Waals surface area contributed by atoms with Gasteiger partial charge in [0, 0.05) is 0 Å². The van der Waals surface area contributed by atoms with Crippen LogP contribution in [0.4, 0.5) is 0 Å². The van der Waals surface area contributed by atoms with Crippen molar-refractivity contribution < 1.29 is 51.2 Å². The fraction of sp³-hybridized carbons (Fsp3) is 0.714. The predicted octanol–water partition coefficient (Wildman–Crippen LogP) is -0.899. The number of rotatable bonds is 5. The molecule has 0 aromatic carbocycles. The number of aliphatic hydroxyl groups excluding tert-OH is 3. The average Bonchev–Trinajstić information content (AvgIpc) is 2.02. The Morgan fingerprint density at radius 3 is 2.00 bits per heavy atom. The van der Waals surface area contributed by atoms with Crippen molar-refractivity contribution in [1.82, 2.24) is 0 Å². The number of ether oxygens (including phenoxy) is 1. The molecular weight excluding hydrogens is 386 g/mol. The van der Waals surface area contributed by atoms with E-state index in [1.165, 1.54) is 13.5 Å². The van der Waals surface area contributed by atoms with Gasteiger partial charge >= 0.3 is 31.1 Å². The Morgan fingerprint density at radius 1 is 1.17 bits per heavy atom. The van der Waals surface area contributed by atoms with Gasteiger partial charge in [-0.15, -0.1) is 0 Å². The predicted molar refractivity (Wildman–Crippen MR) is 39.3 cm³/mol. The fourth-order valence-corrected chi connectivity index (χ4v) is 0.619. The van der Waals surface area contributed by atoms with Crippen molar-refractivity contribution in [3.63, 3.8) is 0 Å². The molecule has 0 aromatic rings. The zero-order valence-corrected chi connectivity index (χ0v) is 11.3. The minimum absolute atomic E-state index is 0. The molecule has 0 aliphatic carbocycles. The molecule has 3 unspecified atom stereocenters. The van der Waals surface area contributed by atoms with Crippen LogP contribution < -0.4 is 0 Å². The van der Waals surface area contributed by atoms with Crippen LogP contribution in [-0.4, -0.2) is 40.7 Å². The smallest absolute Gasteiger partial charge is 0.552 e. The van der Waals surface area contributed by atoms with Gasteiger partial charge in [-0.2, -0.15) is 13.5 Å². The van der Waals surface area contributed by atoms with E-state index >= 15 is 0 Å². The average molecular weight is 400 g/mol. The first kappa shape index (κ1) is 15.4. The van der Waals surface area contributed by atoms with E-state index < -0.39 is 18.3 Å². The van der Waals surface area contributed by atoms with Crippen molar-refractivity contribution in [3.8, 4) is 0 Å². The maximum Gasteiger partial charge on any atom is 2.00 e. The van der Waals surface area contributed by atoms with E-state index in [0.29, 0.717) is 0 Å². The van der Waals surface area contributed by atoms with Crippen LogP contribution >= 0.6 is 0 Å². The van der Waals surface area contributed by atoms with Crippen molar-refractivity contribution in [2.75, 3.05) is 7.11 Å². The summed E-state index contributed by atoms with van der Waals surface area (Å²) in [5.74, 6) is 0. The molecule has 70 valence electrons. The Bertz CT molecular complexity index is 101. The summed E-state index contributed by atoms with van der Waals surface area (Å²) in [5.41, 5.74) is 0. The molecule has 12 heavy (non-hydrogen) atoms. The third-order valence-electron chi connectivity index (χ3n) is 1.32. The molecule has 4 nitrogen and oxygen atoms in total. The third kappa shape index (κ3) is 5.52. The molecule has 0 saturated heterocycles. The minimum atomic E-state index is -1.22. The summed E-state index contributed by atoms with van der Waals surface area (Å²) < 4.78 is 4.46. The third-order valence-corrected chi connectivity index (χ3v) is 1.32. The molecule has 0 aliphatic rings. The van der Waals surface area contributed by atoms with Crippen molar-refractivity contribution >= 4 is 0 Å². The van der Waals surface area contributed by atoms with Gasteiger partial charge in [-0.05, 0) is 19.3 Å². The molecule has 0 aliphatic heterocycles. The summed E-state index contributed by atoms with van der Waals surface area (Å²) in [7, 11) is 1.36. The van der Waals surface area contributed by atoms with Gasteiger partial charge < -0.3 is 26.5 Å². The van der Waals surface area contributed by atoms with E-state index in [2.05, 4.69) is 4.74 Å². The van der Waals surface area contributed by atoms with E-state index in [0.717, 1.165) is 6.61 Å². The van der Waals surface area contributed by atoms with E-state index in [9.17, 15) is 0 Å². The van der Waals surface area contributed by atoms with Crippen LogP contribution in [0.1, 0.15) is 6.92 Å². The zero-order valence-electron chi connectivity index (χ0n) is 7.14. The second-order valence-corrected chi connectivity index (χ2v) is 2.18. The number of methoxy groups -OCH3 is 1. The Labute approximate surface area is 96.3 Å². The van der Waals surface area contributed by atoms with Crippen LogP contribution in [-0.2, 0) is 4.74 Å². The molecule has 3 atom stereocenters. The van der Waals surface area contributed by atoms with Gasteiger partial charge in [0.1, 0.15) is 0 Å². The summed E-state index contributed by atoms with van der Waals surface area (Å²) >= 11 is 0. The fourth-order valence-electron chi connectivity index (χ4n) is 0.619. The van der Waals surface area contributed by atoms with Crippen LogP contribution in [0.15, 0.2) is 0 Å². The van der Waals surface area contributed by atoms with E-state index in [1.807, 2.05) is 0 Å². The van der Waals surface area contributed by atoms with Gasteiger partial charge in [-0.3, -0.25) is 0 Å². The SMILES string of the molecule is C[CH-]C(O)C(O)C(O)[CH-]OC.[U+2]. The normalized spacial score (nSPS) is 17.8. The van der Waals surface area contributed by atoms with Crippen LogP contribution in [0, 0.1) is 44.1 Å². The Morgan fingerprint density at radius 2 is 1.67 bits per heavy atom. The number of hydrogen-bond donors (Lipinski definition) is 3. The Hall–Kier alpha value is 0.892. The summed E-state index contributed by atoms with van der Waals surface area (Å²) in [6, 6.07) is 0. The quantitative estimate of drug-likeness (QED) is 0.524. The summed E-state index contributed by atoms with van der Waals surface area (Å²) in [6.45, 7) is 2.64. The molecule has 3 N–H and O–H groups in total. The van der Waals surface area contributed by atoms with Crippen molar-refractivity contribution in [1.29, 1.82) is 0 Å². The summed E-state index contributed by atoms with van der Waals surface area (Å²) in [6.07, 6.45) is -2.03.